The Morgan fingerprint density at radius 1 is 1.22 bits per heavy atom. The van der Waals surface area contributed by atoms with Crippen LogP contribution in [0.25, 0.3) is 0 Å². The zero-order valence-corrected chi connectivity index (χ0v) is 21.2. The average Bonchev–Trinajstić information content (AvgIpc) is 3.20. The Morgan fingerprint density at radius 2 is 1.97 bits per heavy atom. The second kappa shape index (κ2) is 10.9. The Labute approximate surface area is 215 Å². The molecule has 36 heavy (non-hydrogen) atoms. The van der Waals surface area contributed by atoms with Crippen LogP contribution in [0.4, 0.5) is 14.6 Å². The normalized spacial score (nSPS) is 23.6. The van der Waals surface area contributed by atoms with Gasteiger partial charge in [-0.3, -0.25) is 4.79 Å². The summed E-state index contributed by atoms with van der Waals surface area (Å²) in [6.07, 6.45) is 2.58. The van der Waals surface area contributed by atoms with Gasteiger partial charge in [0.2, 0.25) is 5.91 Å². The van der Waals surface area contributed by atoms with Gasteiger partial charge in [0.25, 0.3) is 0 Å². The van der Waals surface area contributed by atoms with Gasteiger partial charge in [0.15, 0.2) is 0 Å². The third-order valence-corrected chi connectivity index (χ3v) is 7.92. The average molecular weight is 520 g/mol. The highest BCUT2D eigenvalue weighted by Crippen LogP contribution is 2.44. The highest BCUT2D eigenvalue weighted by atomic mass is 35.5. The largest absolute Gasteiger partial charge is 0.381 e. The fourth-order valence-electron chi connectivity index (χ4n) is 5.54. The Bertz CT molecular complexity index is 1090. The smallest absolute Gasteiger partial charge is 0.231 e. The first kappa shape index (κ1) is 25.3. The molecule has 0 bridgehead atoms. The van der Waals surface area contributed by atoms with E-state index in [1.54, 1.807) is 6.07 Å². The summed E-state index contributed by atoms with van der Waals surface area (Å²) in [4.78, 5) is 26.3. The number of nitrogens with one attached hydrogen (secondary N) is 1. The van der Waals surface area contributed by atoms with Crippen molar-refractivity contribution < 1.29 is 18.3 Å². The first-order chi connectivity index (χ1) is 17.4. The lowest BCUT2D eigenvalue weighted by atomic mass is 9.95. The highest BCUT2D eigenvalue weighted by Gasteiger charge is 2.36. The Morgan fingerprint density at radius 3 is 2.69 bits per heavy atom. The number of hydrogen-bond donors (Lipinski definition) is 1. The molecular formula is C26H32ClF2N5O2. The van der Waals surface area contributed by atoms with Crippen molar-refractivity contribution in [3.8, 4) is 0 Å². The molecule has 3 aliphatic rings. The second-order valence-corrected chi connectivity index (χ2v) is 10.3. The molecule has 10 heteroatoms. The summed E-state index contributed by atoms with van der Waals surface area (Å²) in [5, 5.41) is 3.54. The van der Waals surface area contributed by atoms with Crippen molar-refractivity contribution in [2.24, 2.45) is 0 Å². The number of halogens is 3. The van der Waals surface area contributed by atoms with Crippen LogP contribution in [0.5, 0.6) is 0 Å². The van der Waals surface area contributed by atoms with Crippen LogP contribution in [0.3, 0.4) is 0 Å². The Balaban J connectivity index is 1.29. The number of ether oxygens (including phenoxy) is 1. The number of nitrogens with zero attached hydrogens (tertiary/aromatic N) is 4. The number of aromatic nitrogens is 2. The molecule has 194 valence electrons. The molecule has 2 fully saturated rings. The molecule has 7 nitrogen and oxygen atoms in total. The number of carbonyl (C=O) groups excluding carboxylic acids is 1. The van der Waals surface area contributed by atoms with Crippen LogP contribution in [-0.2, 0) is 9.53 Å². The van der Waals surface area contributed by atoms with Crippen molar-refractivity contribution in [2.75, 3.05) is 50.8 Å². The lowest BCUT2D eigenvalue weighted by molar-refractivity contribution is -0.133. The molecule has 1 aromatic carbocycles. The molecule has 5 rings (SSSR count). The summed E-state index contributed by atoms with van der Waals surface area (Å²) in [5.74, 6) is -0.257. The second-order valence-electron chi connectivity index (χ2n) is 9.93. The van der Waals surface area contributed by atoms with Crippen molar-refractivity contribution in [1.82, 2.24) is 20.2 Å². The molecule has 0 saturated carbocycles. The lowest BCUT2D eigenvalue weighted by Crippen LogP contribution is -2.52. The minimum atomic E-state index is -1.05. The number of anilines is 1. The van der Waals surface area contributed by atoms with E-state index in [1.807, 2.05) is 11.8 Å². The van der Waals surface area contributed by atoms with E-state index in [2.05, 4.69) is 20.2 Å². The number of piperazine rings is 1. The lowest BCUT2D eigenvalue weighted by Gasteiger charge is -2.38. The molecule has 3 atom stereocenters. The third-order valence-electron chi connectivity index (χ3n) is 7.61. The molecule has 1 aromatic heterocycles. The molecule has 2 saturated heterocycles. The van der Waals surface area contributed by atoms with Crippen LogP contribution in [0, 0.1) is 5.82 Å². The van der Waals surface area contributed by atoms with Gasteiger partial charge in [-0.2, -0.15) is 0 Å². The monoisotopic (exact) mass is 519 g/mol. The van der Waals surface area contributed by atoms with E-state index in [0.717, 1.165) is 24.2 Å². The maximum Gasteiger partial charge on any atom is 0.231 e. The summed E-state index contributed by atoms with van der Waals surface area (Å²) in [7, 11) is 0. The maximum absolute atomic E-state index is 14.4. The van der Waals surface area contributed by atoms with Crippen LogP contribution in [0.2, 0.25) is 5.02 Å². The molecule has 1 unspecified atom stereocenters. The predicted octanol–water partition coefficient (Wildman–Crippen LogP) is 3.99. The molecular weight excluding hydrogens is 488 g/mol. The summed E-state index contributed by atoms with van der Waals surface area (Å²) in [6, 6.07) is 4.87. The van der Waals surface area contributed by atoms with E-state index in [9.17, 15) is 13.6 Å². The molecule has 1 N–H and O–H groups in total. The van der Waals surface area contributed by atoms with Gasteiger partial charge >= 0.3 is 0 Å². The zero-order valence-electron chi connectivity index (χ0n) is 20.4. The molecule has 1 amide bonds. The summed E-state index contributed by atoms with van der Waals surface area (Å²) >= 11 is 5.91. The van der Waals surface area contributed by atoms with Crippen LogP contribution in [0.15, 0.2) is 24.5 Å². The van der Waals surface area contributed by atoms with E-state index in [0.29, 0.717) is 63.6 Å². The first-order valence-electron chi connectivity index (χ1n) is 12.7. The number of alkyl halides is 1. The van der Waals surface area contributed by atoms with Gasteiger partial charge in [-0.15, -0.1) is 0 Å². The fourth-order valence-corrected chi connectivity index (χ4v) is 5.65. The van der Waals surface area contributed by atoms with Gasteiger partial charge in [-0.1, -0.05) is 24.6 Å². The van der Waals surface area contributed by atoms with Crippen LogP contribution in [-0.4, -0.2) is 72.8 Å². The standard InChI is InChI=1S/C26H32ClF2N5O2/c1-16-12-22(29)24-23(16)25(32-15-31-24)33-6-8-34(9-7-33)26(35)19(14-30-18-4-10-36-11-5-18)17-2-3-20(27)21(28)13-17/h2-3,13,15-16,18-19,22,30H,4-12,14H2,1H3/t16-,19?,22-/m1/s1. The van der Waals surface area contributed by atoms with Gasteiger partial charge in [0.05, 0.1) is 16.6 Å². The number of carbonyl (C=O) groups is 1. The number of fused-ring (bicyclic) bond motifs is 1. The Hall–Kier alpha value is -2.36. The van der Waals surface area contributed by atoms with E-state index in [1.165, 1.54) is 18.5 Å². The molecule has 0 spiro atoms. The van der Waals surface area contributed by atoms with Gasteiger partial charge < -0.3 is 19.9 Å². The zero-order chi connectivity index (χ0) is 25.2. The van der Waals surface area contributed by atoms with Gasteiger partial charge in [0.1, 0.15) is 24.1 Å². The van der Waals surface area contributed by atoms with Crippen molar-refractivity contribution in [2.45, 2.75) is 50.2 Å². The van der Waals surface area contributed by atoms with E-state index in [4.69, 9.17) is 16.3 Å². The van der Waals surface area contributed by atoms with Crippen molar-refractivity contribution in [1.29, 1.82) is 0 Å². The molecule has 3 heterocycles. The maximum atomic E-state index is 14.4. The van der Waals surface area contributed by atoms with E-state index < -0.39 is 17.9 Å². The van der Waals surface area contributed by atoms with Crippen molar-refractivity contribution in [3.63, 3.8) is 0 Å². The SMILES string of the molecule is C[C@@H]1C[C@@H](F)c2ncnc(N3CCN(C(=O)C(CNC4CCOCC4)c4ccc(Cl)c(F)c4)CC3)c21. The molecule has 2 aromatic rings. The highest BCUT2D eigenvalue weighted by molar-refractivity contribution is 6.30. The molecule has 1 aliphatic carbocycles. The van der Waals surface area contributed by atoms with E-state index >= 15 is 0 Å². The third kappa shape index (κ3) is 5.19. The minimum absolute atomic E-state index is 0.0399. The number of amides is 1. The van der Waals surface area contributed by atoms with Crippen molar-refractivity contribution >= 4 is 23.3 Å². The molecule has 2 aliphatic heterocycles. The summed E-state index contributed by atoms with van der Waals surface area (Å²) in [5.41, 5.74) is 2.00. The predicted molar refractivity (Wildman–Crippen MR) is 134 cm³/mol. The van der Waals surface area contributed by atoms with Crippen LogP contribution >= 0.6 is 11.6 Å². The number of hydrogen-bond acceptors (Lipinski definition) is 6. The fraction of sp³-hybridized carbons (Fsp3) is 0.577. The van der Waals surface area contributed by atoms with Gasteiger partial charge in [-0.25, -0.2) is 18.7 Å². The number of benzene rings is 1. The van der Waals surface area contributed by atoms with Gasteiger partial charge in [-0.05, 0) is 42.9 Å². The van der Waals surface area contributed by atoms with Gasteiger partial charge in [0, 0.05) is 57.5 Å². The Kier molecular flexibility index (Phi) is 7.69. The van der Waals surface area contributed by atoms with E-state index in [-0.39, 0.29) is 22.9 Å². The topological polar surface area (TPSA) is 70.6 Å². The first-order valence-corrected chi connectivity index (χ1v) is 13.1. The van der Waals surface area contributed by atoms with Crippen molar-refractivity contribution in [3.05, 3.63) is 52.2 Å². The summed E-state index contributed by atoms with van der Waals surface area (Å²) in [6.45, 7) is 6.02. The number of rotatable bonds is 6. The summed E-state index contributed by atoms with van der Waals surface area (Å²) < 4.78 is 34.1. The van der Waals surface area contributed by atoms with Crippen LogP contribution in [0.1, 0.15) is 61.0 Å². The van der Waals surface area contributed by atoms with Crippen LogP contribution < -0.4 is 10.2 Å². The quantitative estimate of drug-likeness (QED) is 0.622. The minimum Gasteiger partial charge on any atom is -0.381 e. The molecule has 0 radical (unpaired) electrons.